The number of furan rings is 1. The molecule has 1 aliphatic carbocycles. The lowest BCUT2D eigenvalue weighted by Crippen LogP contribution is -2.38. The second kappa shape index (κ2) is 6.39. The summed E-state index contributed by atoms with van der Waals surface area (Å²) in [5, 5.41) is 20.8. The summed E-state index contributed by atoms with van der Waals surface area (Å²) in [5.41, 5.74) is 5.29. The van der Waals surface area contributed by atoms with Gasteiger partial charge in [0.25, 0.3) is 0 Å². The van der Waals surface area contributed by atoms with Crippen LogP contribution in [0.25, 0.3) is 11.0 Å². The molecule has 0 bridgehead atoms. The highest BCUT2D eigenvalue weighted by Gasteiger charge is 2.42. The molecular formula is C21H27NO4. The Hall–Kier alpha value is -1.85. The van der Waals surface area contributed by atoms with Gasteiger partial charge in [-0.25, -0.2) is 0 Å². The highest BCUT2D eigenvalue weighted by Crippen LogP contribution is 2.37. The molecule has 0 radical (unpaired) electrons. The molecule has 1 aromatic carbocycles. The van der Waals surface area contributed by atoms with E-state index in [1.807, 2.05) is 11.8 Å². The lowest BCUT2D eigenvalue weighted by molar-refractivity contribution is -0.129. The number of hydrogen-bond acceptors (Lipinski definition) is 4. The highest BCUT2D eigenvalue weighted by molar-refractivity contribution is 5.92. The zero-order chi connectivity index (χ0) is 18.6. The van der Waals surface area contributed by atoms with E-state index >= 15 is 0 Å². The SMILES string of the molecule is Cc1cc(C)c2c(CC(=O)N3CC4CC(O)C(O)CC4C3)coc2c1C. The molecule has 1 saturated carbocycles. The van der Waals surface area contributed by atoms with Gasteiger partial charge in [0.1, 0.15) is 5.58 Å². The lowest BCUT2D eigenvalue weighted by Gasteiger charge is -2.31. The van der Waals surface area contributed by atoms with Crippen LogP contribution in [0.15, 0.2) is 16.7 Å². The van der Waals surface area contributed by atoms with Crippen LogP contribution in [0.4, 0.5) is 0 Å². The maximum absolute atomic E-state index is 12.9. The van der Waals surface area contributed by atoms with Gasteiger partial charge < -0.3 is 19.5 Å². The molecular weight excluding hydrogens is 330 g/mol. The molecule has 2 N–H and O–H groups in total. The zero-order valence-electron chi connectivity index (χ0n) is 15.7. The topological polar surface area (TPSA) is 73.9 Å². The van der Waals surface area contributed by atoms with Crippen molar-refractivity contribution in [2.75, 3.05) is 13.1 Å². The molecule has 2 heterocycles. The summed E-state index contributed by atoms with van der Waals surface area (Å²) in [4.78, 5) is 14.8. The average molecular weight is 357 g/mol. The first kappa shape index (κ1) is 17.6. The van der Waals surface area contributed by atoms with E-state index in [4.69, 9.17) is 4.42 Å². The number of carbonyl (C=O) groups is 1. The van der Waals surface area contributed by atoms with Crippen LogP contribution >= 0.6 is 0 Å². The predicted molar refractivity (Wildman–Crippen MR) is 98.9 cm³/mol. The number of hydrogen-bond donors (Lipinski definition) is 2. The van der Waals surface area contributed by atoms with E-state index in [9.17, 15) is 15.0 Å². The van der Waals surface area contributed by atoms with E-state index in [0.29, 0.717) is 44.2 Å². The third-order valence-electron chi connectivity index (χ3n) is 6.43. The van der Waals surface area contributed by atoms with Gasteiger partial charge in [-0.3, -0.25) is 4.79 Å². The first-order chi connectivity index (χ1) is 12.3. The van der Waals surface area contributed by atoms with Crippen molar-refractivity contribution in [1.29, 1.82) is 0 Å². The van der Waals surface area contributed by atoms with E-state index in [1.165, 1.54) is 5.56 Å². The number of aryl methyl sites for hydroxylation is 3. The van der Waals surface area contributed by atoms with Crippen LogP contribution in [0.3, 0.4) is 0 Å². The molecule has 5 heteroatoms. The number of fused-ring (bicyclic) bond motifs is 2. The largest absolute Gasteiger partial charge is 0.464 e. The lowest BCUT2D eigenvalue weighted by atomic mass is 9.79. The monoisotopic (exact) mass is 357 g/mol. The van der Waals surface area contributed by atoms with Crippen LogP contribution in [-0.4, -0.2) is 46.3 Å². The number of carbonyl (C=O) groups excluding carboxylic acids is 1. The van der Waals surface area contributed by atoms with E-state index in [0.717, 1.165) is 27.7 Å². The molecule has 1 amide bonds. The number of nitrogens with zero attached hydrogens (tertiary/aromatic N) is 1. The zero-order valence-corrected chi connectivity index (χ0v) is 15.7. The Morgan fingerprint density at radius 3 is 2.35 bits per heavy atom. The number of benzene rings is 1. The molecule has 4 rings (SSSR count). The molecule has 2 aliphatic rings. The van der Waals surface area contributed by atoms with Crippen molar-refractivity contribution in [3.05, 3.63) is 34.6 Å². The first-order valence-corrected chi connectivity index (χ1v) is 9.46. The van der Waals surface area contributed by atoms with Crippen LogP contribution in [0, 0.1) is 32.6 Å². The molecule has 26 heavy (non-hydrogen) atoms. The van der Waals surface area contributed by atoms with Crippen LogP contribution < -0.4 is 0 Å². The minimum atomic E-state index is -0.655. The normalized spacial score (nSPS) is 28.6. The number of rotatable bonds is 2. The molecule has 0 spiro atoms. The van der Waals surface area contributed by atoms with Crippen molar-refractivity contribution in [1.82, 2.24) is 4.90 Å². The minimum Gasteiger partial charge on any atom is -0.464 e. The van der Waals surface area contributed by atoms with Gasteiger partial charge in [-0.05, 0) is 62.1 Å². The quantitative estimate of drug-likeness (QED) is 0.866. The summed E-state index contributed by atoms with van der Waals surface area (Å²) in [7, 11) is 0. The second-order valence-electron chi connectivity index (χ2n) is 8.20. The summed E-state index contributed by atoms with van der Waals surface area (Å²) < 4.78 is 5.79. The van der Waals surface area contributed by atoms with Crippen molar-refractivity contribution in [3.8, 4) is 0 Å². The van der Waals surface area contributed by atoms with Crippen molar-refractivity contribution in [2.24, 2.45) is 11.8 Å². The summed E-state index contributed by atoms with van der Waals surface area (Å²) >= 11 is 0. The molecule has 5 nitrogen and oxygen atoms in total. The highest BCUT2D eigenvalue weighted by atomic mass is 16.3. The van der Waals surface area contributed by atoms with Gasteiger partial charge in [-0.1, -0.05) is 6.07 Å². The molecule has 1 saturated heterocycles. The van der Waals surface area contributed by atoms with E-state index in [2.05, 4.69) is 19.9 Å². The summed E-state index contributed by atoms with van der Waals surface area (Å²) in [5.74, 6) is 0.693. The smallest absolute Gasteiger partial charge is 0.227 e. The summed E-state index contributed by atoms with van der Waals surface area (Å²) in [6, 6.07) is 2.15. The Morgan fingerprint density at radius 1 is 1.12 bits per heavy atom. The standard InChI is InChI=1S/C21H27NO4/c1-11-4-12(2)20-16(10-26-21(20)13(11)3)7-19(25)22-8-14-5-17(23)18(24)6-15(14)9-22/h4,10,14-15,17-18,23-24H,5-9H2,1-3H3. The van der Waals surface area contributed by atoms with Crippen LogP contribution in [-0.2, 0) is 11.2 Å². The number of amides is 1. The maximum atomic E-state index is 12.9. The molecule has 4 unspecified atom stereocenters. The summed E-state index contributed by atoms with van der Waals surface area (Å²) in [6.07, 6.45) is 1.92. The van der Waals surface area contributed by atoms with Crippen molar-refractivity contribution in [2.45, 2.75) is 52.2 Å². The van der Waals surface area contributed by atoms with E-state index < -0.39 is 12.2 Å². The Balaban J connectivity index is 1.53. The number of aliphatic hydroxyl groups excluding tert-OH is 2. The van der Waals surface area contributed by atoms with E-state index in [1.54, 1.807) is 6.26 Å². The van der Waals surface area contributed by atoms with Gasteiger partial charge in [-0.2, -0.15) is 0 Å². The van der Waals surface area contributed by atoms with Gasteiger partial charge in [-0.15, -0.1) is 0 Å². The van der Waals surface area contributed by atoms with Crippen molar-refractivity contribution < 1.29 is 19.4 Å². The van der Waals surface area contributed by atoms with Gasteiger partial charge in [0.2, 0.25) is 5.91 Å². The summed E-state index contributed by atoms with van der Waals surface area (Å²) in [6.45, 7) is 7.55. The fraction of sp³-hybridized carbons (Fsp3) is 0.571. The Kier molecular flexibility index (Phi) is 4.32. The minimum absolute atomic E-state index is 0.101. The van der Waals surface area contributed by atoms with Crippen LogP contribution in [0.1, 0.15) is 35.1 Å². The second-order valence-corrected chi connectivity index (χ2v) is 8.20. The average Bonchev–Trinajstić information content (AvgIpc) is 3.18. The van der Waals surface area contributed by atoms with Gasteiger partial charge in [0.15, 0.2) is 0 Å². The number of aliphatic hydroxyl groups is 2. The van der Waals surface area contributed by atoms with Crippen LogP contribution in [0.2, 0.25) is 0 Å². The Labute approximate surface area is 153 Å². The molecule has 1 aromatic heterocycles. The van der Waals surface area contributed by atoms with Gasteiger partial charge in [0, 0.05) is 24.0 Å². The fourth-order valence-electron chi connectivity index (χ4n) is 4.80. The third-order valence-corrected chi connectivity index (χ3v) is 6.43. The van der Waals surface area contributed by atoms with Gasteiger partial charge in [0.05, 0.1) is 24.9 Å². The Bertz CT molecular complexity index is 837. The molecule has 140 valence electrons. The van der Waals surface area contributed by atoms with Crippen molar-refractivity contribution >= 4 is 16.9 Å². The van der Waals surface area contributed by atoms with Crippen LogP contribution in [0.5, 0.6) is 0 Å². The van der Waals surface area contributed by atoms with E-state index in [-0.39, 0.29) is 5.91 Å². The number of likely N-dealkylation sites (tertiary alicyclic amines) is 1. The third kappa shape index (κ3) is 2.83. The first-order valence-electron chi connectivity index (χ1n) is 9.46. The molecule has 4 atom stereocenters. The molecule has 2 aromatic rings. The van der Waals surface area contributed by atoms with Gasteiger partial charge >= 0.3 is 0 Å². The maximum Gasteiger partial charge on any atom is 0.227 e. The predicted octanol–water partition coefficient (Wildman–Crippen LogP) is 2.49. The molecule has 2 fully saturated rings. The molecule has 1 aliphatic heterocycles. The van der Waals surface area contributed by atoms with Crippen molar-refractivity contribution in [3.63, 3.8) is 0 Å². The Morgan fingerprint density at radius 2 is 1.73 bits per heavy atom. The fourth-order valence-corrected chi connectivity index (χ4v) is 4.80.